The first kappa shape index (κ1) is 12.6. The van der Waals surface area contributed by atoms with Gasteiger partial charge in [-0.05, 0) is 49.3 Å². The molecular weight excluding hydrogens is 204 g/mol. The maximum atomic E-state index is 9.84. The molecule has 1 aromatic rings. The van der Waals surface area contributed by atoms with E-state index >= 15 is 0 Å². The van der Waals surface area contributed by atoms with Gasteiger partial charge in [-0.15, -0.1) is 0 Å². The lowest BCUT2D eigenvalue weighted by molar-refractivity contribution is 0.164. The second-order valence-electron chi connectivity index (χ2n) is 3.92. The predicted octanol–water partition coefficient (Wildman–Crippen LogP) is 3.04. The Morgan fingerprint density at radius 2 is 2.07 bits per heavy atom. The second kappa shape index (κ2) is 6.91. The van der Waals surface area contributed by atoms with Crippen molar-refractivity contribution in [2.45, 2.75) is 32.3 Å². The van der Waals surface area contributed by atoms with Crippen molar-refractivity contribution >= 4 is 11.8 Å². The van der Waals surface area contributed by atoms with Crippen LogP contribution in [0.5, 0.6) is 0 Å². The Labute approximate surface area is 96.9 Å². The van der Waals surface area contributed by atoms with Crippen LogP contribution < -0.4 is 0 Å². The molecule has 1 rings (SSSR count). The van der Waals surface area contributed by atoms with E-state index in [9.17, 15) is 5.11 Å². The van der Waals surface area contributed by atoms with E-state index in [0.717, 1.165) is 25.0 Å². The molecule has 1 N–H and O–H groups in total. The summed E-state index contributed by atoms with van der Waals surface area (Å²) in [4.78, 5) is 0. The van der Waals surface area contributed by atoms with Crippen LogP contribution in [0.25, 0.3) is 0 Å². The largest absolute Gasteiger partial charge is 0.393 e. The number of rotatable bonds is 6. The summed E-state index contributed by atoms with van der Waals surface area (Å²) in [7, 11) is 0. The van der Waals surface area contributed by atoms with Gasteiger partial charge in [0.25, 0.3) is 0 Å². The Morgan fingerprint density at radius 1 is 1.33 bits per heavy atom. The van der Waals surface area contributed by atoms with Crippen LogP contribution in [-0.2, 0) is 6.42 Å². The molecular formula is C13H20OS. The third-order valence-corrected chi connectivity index (χ3v) is 3.30. The SMILES string of the molecule is CSCCCC(O)Cc1ccccc1C. The van der Waals surface area contributed by atoms with Gasteiger partial charge in [0.2, 0.25) is 0 Å². The molecule has 0 aliphatic rings. The molecule has 0 radical (unpaired) electrons. The highest BCUT2D eigenvalue weighted by molar-refractivity contribution is 7.98. The molecule has 15 heavy (non-hydrogen) atoms. The topological polar surface area (TPSA) is 20.2 Å². The van der Waals surface area contributed by atoms with Crippen molar-refractivity contribution in [3.8, 4) is 0 Å². The first-order chi connectivity index (χ1) is 7.24. The van der Waals surface area contributed by atoms with E-state index in [2.05, 4.69) is 25.3 Å². The van der Waals surface area contributed by atoms with Crippen LogP contribution in [0, 0.1) is 6.92 Å². The maximum Gasteiger partial charge on any atom is 0.0581 e. The van der Waals surface area contributed by atoms with Crippen LogP contribution >= 0.6 is 11.8 Å². The average Bonchev–Trinajstić information content (AvgIpc) is 2.22. The number of thioether (sulfide) groups is 1. The standard InChI is InChI=1S/C13H20OS/c1-11-6-3-4-7-12(11)10-13(14)8-5-9-15-2/h3-4,6-7,13-14H,5,8-10H2,1-2H3. The highest BCUT2D eigenvalue weighted by Gasteiger charge is 2.06. The highest BCUT2D eigenvalue weighted by atomic mass is 32.2. The molecule has 1 unspecified atom stereocenters. The van der Waals surface area contributed by atoms with Crippen molar-refractivity contribution in [1.29, 1.82) is 0 Å². The van der Waals surface area contributed by atoms with Gasteiger partial charge in [-0.1, -0.05) is 24.3 Å². The fourth-order valence-corrected chi connectivity index (χ4v) is 2.11. The van der Waals surface area contributed by atoms with Gasteiger partial charge in [0.15, 0.2) is 0 Å². The molecule has 1 nitrogen and oxygen atoms in total. The number of hydrogen-bond donors (Lipinski definition) is 1. The third-order valence-electron chi connectivity index (χ3n) is 2.60. The van der Waals surface area contributed by atoms with Crippen LogP contribution in [0.15, 0.2) is 24.3 Å². The Bertz CT molecular complexity index is 286. The summed E-state index contributed by atoms with van der Waals surface area (Å²) in [6, 6.07) is 8.28. The summed E-state index contributed by atoms with van der Waals surface area (Å²) < 4.78 is 0. The molecule has 0 bridgehead atoms. The molecule has 1 aromatic carbocycles. The number of hydrogen-bond acceptors (Lipinski definition) is 2. The number of benzene rings is 1. The Hall–Kier alpha value is -0.470. The number of aliphatic hydroxyl groups excluding tert-OH is 1. The summed E-state index contributed by atoms with van der Waals surface area (Å²) in [6.07, 6.45) is 4.73. The van der Waals surface area contributed by atoms with Crippen LogP contribution in [0.1, 0.15) is 24.0 Å². The zero-order valence-corrected chi connectivity index (χ0v) is 10.4. The van der Waals surface area contributed by atoms with Crippen LogP contribution in [0.2, 0.25) is 0 Å². The molecule has 0 aromatic heterocycles. The molecule has 0 saturated heterocycles. The van der Waals surface area contributed by atoms with E-state index in [1.54, 1.807) is 0 Å². The molecule has 0 amide bonds. The quantitative estimate of drug-likeness (QED) is 0.749. The molecule has 0 spiro atoms. The molecule has 0 heterocycles. The predicted molar refractivity (Wildman–Crippen MR) is 68.5 cm³/mol. The van der Waals surface area contributed by atoms with Gasteiger partial charge < -0.3 is 5.11 Å². The Balaban J connectivity index is 2.37. The van der Waals surface area contributed by atoms with Crippen molar-refractivity contribution in [2.75, 3.05) is 12.0 Å². The Morgan fingerprint density at radius 3 is 2.73 bits per heavy atom. The van der Waals surface area contributed by atoms with E-state index in [4.69, 9.17) is 0 Å². The minimum absolute atomic E-state index is 0.182. The first-order valence-corrected chi connectivity index (χ1v) is 6.85. The molecule has 0 aliphatic heterocycles. The van der Waals surface area contributed by atoms with Gasteiger partial charge in [0.05, 0.1) is 6.10 Å². The smallest absolute Gasteiger partial charge is 0.0581 e. The lowest BCUT2D eigenvalue weighted by Crippen LogP contribution is -2.11. The van der Waals surface area contributed by atoms with Gasteiger partial charge >= 0.3 is 0 Å². The van der Waals surface area contributed by atoms with Crippen molar-refractivity contribution in [3.63, 3.8) is 0 Å². The minimum Gasteiger partial charge on any atom is -0.393 e. The van der Waals surface area contributed by atoms with E-state index in [1.807, 2.05) is 23.9 Å². The van der Waals surface area contributed by atoms with E-state index in [-0.39, 0.29) is 6.10 Å². The lowest BCUT2D eigenvalue weighted by atomic mass is 10.0. The normalized spacial score (nSPS) is 12.7. The van der Waals surface area contributed by atoms with Gasteiger partial charge in [-0.25, -0.2) is 0 Å². The van der Waals surface area contributed by atoms with Crippen molar-refractivity contribution in [2.24, 2.45) is 0 Å². The fourth-order valence-electron chi connectivity index (χ4n) is 1.66. The van der Waals surface area contributed by atoms with Crippen molar-refractivity contribution < 1.29 is 5.11 Å². The van der Waals surface area contributed by atoms with Crippen LogP contribution in [-0.4, -0.2) is 23.2 Å². The second-order valence-corrected chi connectivity index (χ2v) is 4.91. The molecule has 0 saturated carbocycles. The van der Waals surface area contributed by atoms with Gasteiger partial charge in [-0.2, -0.15) is 11.8 Å². The van der Waals surface area contributed by atoms with Crippen LogP contribution in [0.3, 0.4) is 0 Å². The molecule has 0 fully saturated rings. The molecule has 1 atom stereocenters. The summed E-state index contributed by atoms with van der Waals surface area (Å²) in [5, 5.41) is 9.84. The summed E-state index contributed by atoms with van der Waals surface area (Å²) in [5.74, 6) is 1.14. The van der Waals surface area contributed by atoms with E-state index < -0.39 is 0 Å². The fraction of sp³-hybridized carbons (Fsp3) is 0.538. The van der Waals surface area contributed by atoms with Gasteiger partial charge in [-0.3, -0.25) is 0 Å². The summed E-state index contributed by atoms with van der Waals surface area (Å²) in [6.45, 7) is 2.10. The van der Waals surface area contributed by atoms with E-state index in [1.165, 1.54) is 11.1 Å². The van der Waals surface area contributed by atoms with Crippen molar-refractivity contribution in [1.82, 2.24) is 0 Å². The molecule has 0 aliphatic carbocycles. The maximum absolute atomic E-state index is 9.84. The Kier molecular flexibility index (Phi) is 5.81. The van der Waals surface area contributed by atoms with Crippen molar-refractivity contribution in [3.05, 3.63) is 35.4 Å². The average molecular weight is 224 g/mol. The van der Waals surface area contributed by atoms with Gasteiger partial charge in [0, 0.05) is 0 Å². The van der Waals surface area contributed by atoms with Crippen LogP contribution in [0.4, 0.5) is 0 Å². The molecule has 84 valence electrons. The lowest BCUT2D eigenvalue weighted by Gasteiger charge is -2.11. The monoisotopic (exact) mass is 224 g/mol. The van der Waals surface area contributed by atoms with E-state index in [0.29, 0.717) is 0 Å². The number of aryl methyl sites for hydroxylation is 1. The van der Waals surface area contributed by atoms with Gasteiger partial charge in [0.1, 0.15) is 0 Å². The summed E-state index contributed by atoms with van der Waals surface area (Å²) in [5.41, 5.74) is 2.55. The molecule has 2 heteroatoms. The zero-order valence-electron chi connectivity index (χ0n) is 9.57. The first-order valence-electron chi connectivity index (χ1n) is 5.45. The zero-order chi connectivity index (χ0) is 11.1. The highest BCUT2D eigenvalue weighted by Crippen LogP contribution is 2.12. The minimum atomic E-state index is -0.182. The summed E-state index contributed by atoms with van der Waals surface area (Å²) >= 11 is 1.84. The number of aliphatic hydroxyl groups is 1. The third kappa shape index (κ3) is 4.72.